The van der Waals surface area contributed by atoms with E-state index in [4.69, 9.17) is 4.74 Å². The first-order valence-corrected chi connectivity index (χ1v) is 8.32. The van der Waals surface area contributed by atoms with Crippen molar-refractivity contribution >= 4 is 22.4 Å². The minimum atomic E-state index is -0.103. The third kappa shape index (κ3) is 3.47. The monoisotopic (exact) mass is 316 g/mol. The van der Waals surface area contributed by atoms with Crippen LogP contribution < -0.4 is 10.1 Å². The number of carbonyl (C=O) groups is 1. The standard InChI is InChI=1S/C17H20N2O2S/c1-11-10-22-16(18-11)19-15(20)9-12-4-5-14-13(8-12)6-7-17(2,3)21-14/h4-5,8,10H,6-7,9H2,1-3H3,(H,18,19,20). The van der Waals surface area contributed by atoms with Crippen LogP contribution in [-0.2, 0) is 17.6 Å². The molecule has 1 N–H and O–H groups in total. The Bertz CT molecular complexity index is 706. The lowest BCUT2D eigenvalue weighted by Gasteiger charge is -2.32. The molecule has 0 bridgehead atoms. The van der Waals surface area contributed by atoms with Gasteiger partial charge >= 0.3 is 0 Å². The van der Waals surface area contributed by atoms with Gasteiger partial charge in [0.1, 0.15) is 11.4 Å². The summed E-state index contributed by atoms with van der Waals surface area (Å²) in [7, 11) is 0. The molecular formula is C17H20N2O2S. The number of thiazole rings is 1. The van der Waals surface area contributed by atoms with Crippen LogP contribution in [-0.4, -0.2) is 16.5 Å². The van der Waals surface area contributed by atoms with E-state index in [1.54, 1.807) is 0 Å². The van der Waals surface area contributed by atoms with Gasteiger partial charge in [-0.2, -0.15) is 0 Å². The number of aromatic nitrogens is 1. The quantitative estimate of drug-likeness (QED) is 0.938. The molecule has 0 radical (unpaired) electrons. The summed E-state index contributed by atoms with van der Waals surface area (Å²) in [5, 5.41) is 5.42. The van der Waals surface area contributed by atoms with E-state index in [2.05, 4.69) is 30.2 Å². The predicted octanol–water partition coefficient (Wildman–Crippen LogP) is 3.74. The van der Waals surface area contributed by atoms with Gasteiger partial charge in [0.15, 0.2) is 5.13 Å². The normalized spacial score (nSPS) is 15.8. The van der Waals surface area contributed by atoms with Crippen molar-refractivity contribution in [2.75, 3.05) is 5.32 Å². The van der Waals surface area contributed by atoms with Crippen molar-refractivity contribution in [3.8, 4) is 5.75 Å². The lowest BCUT2D eigenvalue weighted by atomic mass is 9.93. The Balaban J connectivity index is 1.67. The van der Waals surface area contributed by atoms with Gasteiger partial charge in [-0.05, 0) is 50.8 Å². The Morgan fingerprint density at radius 3 is 3.00 bits per heavy atom. The van der Waals surface area contributed by atoms with Gasteiger partial charge in [0.05, 0.1) is 12.1 Å². The molecule has 22 heavy (non-hydrogen) atoms. The lowest BCUT2D eigenvalue weighted by Crippen LogP contribution is -2.32. The molecule has 1 aromatic heterocycles. The van der Waals surface area contributed by atoms with Crippen molar-refractivity contribution in [2.45, 2.75) is 45.6 Å². The van der Waals surface area contributed by atoms with Crippen LogP contribution >= 0.6 is 11.3 Å². The second kappa shape index (κ2) is 5.72. The molecule has 0 saturated carbocycles. The number of hydrogen-bond donors (Lipinski definition) is 1. The zero-order valence-corrected chi connectivity index (χ0v) is 13.9. The van der Waals surface area contributed by atoms with Gasteiger partial charge in [0.25, 0.3) is 0 Å². The van der Waals surface area contributed by atoms with Crippen LogP contribution in [0.2, 0.25) is 0 Å². The van der Waals surface area contributed by atoms with Gasteiger partial charge in [-0.1, -0.05) is 12.1 Å². The molecule has 1 amide bonds. The van der Waals surface area contributed by atoms with Crippen molar-refractivity contribution < 1.29 is 9.53 Å². The van der Waals surface area contributed by atoms with Crippen LogP contribution in [0.15, 0.2) is 23.6 Å². The first-order chi connectivity index (χ1) is 10.4. The molecule has 4 nitrogen and oxygen atoms in total. The average Bonchev–Trinajstić information content (AvgIpc) is 2.83. The van der Waals surface area contributed by atoms with Crippen LogP contribution in [0.25, 0.3) is 0 Å². The number of aryl methyl sites for hydroxylation is 2. The summed E-state index contributed by atoms with van der Waals surface area (Å²) in [6.45, 7) is 6.12. The Labute approximate surface area is 134 Å². The maximum absolute atomic E-state index is 12.1. The van der Waals surface area contributed by atoms with Gasteiger partial charge in [-0.3, -0.25) is 4.79 Å². The van der Waals surface area contributed by atoms with E-state index in [-0.39, 0.29) is 11.5 Å². The SMILES string of the molecule is Cc1csc(NC(=O)Cc2ccc3c(c2)CCC(C)(C)O3)n1. The molecule has 0 spiro atoms. The Kier molecular flexibility index (Phi) is 3.91. The number of nitrogens with one attached hydrogen (secondary N) is 1. The summed E-state index contributed by atoms with van der Waals surface area (Å²) in [5.74, 6) is 0.905. The van der Waals surface area contributed by atoms with Gasteiger partial charge in [-0.25, -0.2) is 4.98 Å². The third-order valence-corrected chi connectivity index (χ3v) is 4.61. The van der Waals surface area contributed by atoms with E-state index in [1.165, 1.54) is 16.9 Å². The molecule has 2 aromatic rings. The van der Waals surface area contributed by atoms with E-state index in [1.807, 2.05) is 24.4 Å². The fraction of sp³-hybridized carbons (Fsp3) is 0.412. The van der Waals surface area contributed by atoms with Gasteiger partial charge in [0.2, 0.25) is 5.91 Å². The molecule has 3 rings (SSSR count). The number of amides is 1. The second-order valence-corrected chi connectivity index (χ2v) is 7.18. The first-order valence-electron chi connectivity index (χ1n) is 7.44. The van der Waals surface area contributed by atoms with E-state index in [0.29, 0.717) is 11.6 Å². The van der Waals surface area contributed by atoms with Crippen molar-refractivity contribution in [1.29, 1.82) is 0 Å². The number of carbonyl (C=O) groups excluding carboxylic acids is 1. The second-order valence-electron chi connectivity index (χ2n) is 6.32. The molecule has 1 aliphatic heterocycles. The molecule has 0 atom stereocenters. The minimum absolute atomic E-state index is 0.0358. The maximum Gasteiger partial charge on any atom is 0.230 e. The zero-order chi connectivity index (χ0) is 15.7. The topological polar surface area (TPSA) is 51.2 Å². The van der Waals surface area contributed by atoms with E-state index >= 15 is 0 Å². The lowest BCUT2D eigenvalue weighted by molar-refractivity contribution is -0.115. The molecule has 0 saturated heterocycles. The molecular weight excluding hydrogens is 296 g/mol. The number of nitrogens with zero attached hydrogens (tertiary/aromatic N) is 1. The van der Waals surface area contributed by atoms with Crippen LogP contribution in [0.5, 0.6) is 5.75 Å². The Hall–Kier alpha value is -1.88. The number of anilines is 1. The number of fused-ring (bicyclic) bond motifs is 1. The largest absolute Gasteiger partial charge is 0.488 e. The van der Waals surface area contributed by atoms with Crippen molar-refractivity contribution in [3.63, 3.8) is 0 Å². The van der Waals surface area contributed by atoms with Crippen molar-refractivity contribution in [1.82, 2.24) is 4.98 Å². The van der Waals surface area contributed by atoms with Crippen molar-refractivity contribution in [3.05, 3.63) is 40.4 Å². The molecule has 1 aromatic carbocycles. The molecule has 116 valence electrons. The minimum Gasteiger partial charge on any atom is -0.488 e. The number of hydrogen-bond acceptors (Lipinski definition) is 4. The molecule has 1 aliphatic rings. The Morgan fingerprint density at radius 1 is 1.45 bits per heavy atom. The smallest absolute Gasteiger partial charge is 0.230 e. The molecule has 0 fully saturated rings. The van der Waals surface area contributed by atoms with Crippen LogP contribution in [0, 0.1) is 6.92 Å². The third-order valence-electron chi connectivity index (χ3n) is 3.74. The van der Waals surface area contributed by atoms with Crippen LogP contribution in [0.3, 0.4) is 0 Å². The van der Waals surface area contributed by atoms with Gasteiger partial charge in [-0.15, -0.1) is 11.3 Å². The van der Waals surface area contributed by atoms with Crippen LogP contribution in [0.1, 0.15) is 37.1 Å². The summed E-state index contributed by atoms with van der Waals surface area (Å²) in [5.41, 5.74) is 3.02. The number of rotatable bonds is 3. The summed E-state index contributed by atoms with van der Waals surface area (Å²) >= 11 is 1.45. The summed E-state index contributed by atoms with van der Waals surface area (Å²) < 4.78 is 5.97. The van der Waals surface area contributed by atoms with Gasteiger partial charge < -0.3 is 10.1 Å². The summed E-state index contributed by atoms with van der Waals surface area (Å²) in [6.07, 6.45) is 2.34. The van der Waals surface area contributed by atoms with Gasteiger partial charge in [0, 0.05) is 5.38 Å². The highest BCUT2D eigenvalue weighted by molar-refractivity contribution is 7.13. The molecule has 0 aliphatic carbocycles. The predicted molar refractivity (Wildman–Crippen MR) is 88.7 cm³/mol. The highest BCUT2D eigenvalue weighted by Crippen LogP contribution is 2.33. The van der Waals surface area contributed by atoms with Crippen LogP contribution in [0.4, 0.5) is 5.13 Å². The molecule has 0 unspecified atom stereocenters. The van der Waals surface area contributed by atoms with E-state index in [0.717, 1.165) is 29.8 Å². The summed E-state index contributed by atoms with van der Waals surface area (Å²) in [6, 6.07) is 6.02. The molecule has 2 heterocycles. The first kappa shape index (κ1) is 15.0. The Morgan fingerprint density at radius 2 is 2.27 bits per heavy atom. The highest BCUT2D eigenvalue weighted by Gasteiger charge is 2.26. The van der Waals surface area contributed by atoms with Crippen molar-refractivity contribution in [2.24, 2.45) is 0 Å². The zero-order valence-electron chi connectivity index (χ0n) is 13.1. The number of benzene rings is 1. The fourth-order valence-corrected chi connectivity index (χ4v) is 3.29. The van der Waals surface area contributed by atoms with E-state index in [9.17, 15) is 4.79 Å². The molecule has 5 heteroatoms. The summed E-state index contributed by atoms with van der Waals surface area (Å²) in [4.78, 5) is 16.3. The van der Waals surface area contributed by atoms with E-state index < -0.39 is 0 Å². The maximum atomic E-state index is 12.1. The number of ether oxygens (including phenoxy) is 1. The fourth-order valence-electron chi connectivity index (χ4n) is 2.58. The average molecular weight is 316 g/mol. The highest BCUT2D eigenvalue weighted by atomic mass is 32.1.